The Balaban J connectivity index is 2.25. The first-order valence-electron chi connectivity index (χ1n) is 6.00. The van der Waals surface area contributed by atoms with Gasteiger partial charge in [0, 0.05) is 11.1 Å². The minimum absolute atomic E-state index is 0.0325. The lowest BCUT2D eigenvalue weighted by atomic mass is 9.99. The Morgan fingerprint density at radius 2 is 2.05 bits per heavy atom. The van der Waals surface area contributed by atoms with Crippen LogP contribution in [0.25, 0.3) is 0 Å². The van der Waals surface area contributed by atoms with Gasteiger partial charge in [-0.1, -0.05) is 29.8 Å². The quantitative estimate of drug-likeness (QED) is 0.895. The van der Waals surface area contributed by atoms with Crippen LogP contribution < -0.4 is 5.32 Å². The Hall–Kier alpha value is -1.58. The SMILES string of the molecule is CNC(Cc1cccc(O)c1)c1ccc(F)cc1Cl. The minimum atomic E-state index is -0.346. The van der Waals surface area contributed by atoms with Crippen molar-refractivity contribution in [2.45, 2.75) is 12.5 Å². The van der Waals surface area contributed by atoms with Gasteiger partial charge in [0.15, 0.2) is 0 Å². The van der Waals surface area contributed by atoms with E-state index in [2.05, 4.69) is 5.32 Å². The van der Waals surface area contributed by atoms with E-state index in [9.17, 15) is 9.50 Å². The Morgan fingerprint density at radius 1 is 1.26 bits per heavy atom. The van der Waals surface area contributed by atoms with Gasteiger partial charge in [0.05, 0.1) is 0 Å². The summed E-state index contributed by atoms with van der Waals surface area (Å²) in [6, 6.07) is 11.4. The average Bonchev–Trinajstić information content (AvgIpc) is 2.37. The van der Waals surface area contributed by atoms with Gasteiger partial charge in [-0.2, -0.15) is 0 Å². The van der Waals surface area contributed by atoms with Crippen molar-refractivity contribution in [3.05, 3.63) is 64.4 Å². The zero-order valence-corrected chi connectivity index (χ0v) is 11.3. The van der Waals surface area contributed by atoms with Crippen LogP contribution in [0.3, 0.4) is 0 Å². The number of hydrogen-bond donors (Lipinski definition) is 2. The molecular formula is C15H15ClFNO. The molecule has 0 saturated carbocycles. The van der Waals surface area contributed by atoms with Crippen molar-refractivity contribution >= 4 is 11.6 Å². The topological polar surface area (TPSA) is 32.3 Å². The van der Waals surface area contributed by atoms with Crippen molar-refractivity contribution in [1.29, 1.82) is 0 Å². The molecule has 0 aliphatic carbocycles. The average molecular weight is 280 g/mol. The van der Waals surface area contributed by atoms with Gasteiger partial charge in [-0.05, 0) is 48.9 Å². The Labute approximate surface area is 116 Å². The van der Waals surface area contributed by atoms with Crippen LogP contribution in [0.5, 0.6) is 5.75 Å². The molecular weight excluding hydrogens is 265 g/mol. The molecule has 0 saturated heterocycles. The number of phenolic OH excluding ortho intramolecular Hbond substituents is 1. The third kappa shape index (κ3) is 3.46. The highest BCUT2D eigenvalue weighted by Gasteiger charge is 2.14. The number of aromatic hydroxyl groups is 1. The van der Waals surface area contributed by atoms with E-state index in [1.54, 1.807) is 24.3 Å². The highest BCUT2D eigenvalue weighted by molar-refractivity contribution is 6.31. The number of rotatable bonds is 4. The fourth-order valence-corrected chi connectivity index (χ4v) is 2.37. The standard InChI is InChI=1S/C15H15ClFNO/c1-18-15(8-10-3-2-4-12(19)7-10)13-6-5-11(17)9-14(13)16/h2-7,9,15,18-19H,8H2,1H3. The Kier molecular flexibility index (Phi) is 4.40. The van der Waals surface area contributed by atoms with Crippen molar-refractivity contribution in [2.24, 2.45) is 0 Å². The summed E-state index contributed by atoms with van der Waals surface area (Å²) >= 11 is 6.07. The molecule has 19 heavy (non-hydrogen) atoms. The highest BCUT2D eigenvalue weighted by atomic mass is 35.5. The Morgan fingerprint density at radius 3 is 2.68 bits per heavy atom. The molecule has 1 atom stereocenters. The first-order valence-corrected chi connectivity index (χ1v) is 6.38. The molecule has 4 heteroatoms. The number of phenols is 1. The molecule has 0 aromatic heterocycles. The van der Waals surface area contributed by atoms with Gasteiger partial charge in [0.25, 0.3) is 0 Å². The van der Waals surface area contributed by atoms with Crippen LogP contribution in [-0.4, -0.2) is 12.2 Å². The van der Waals surface area contributed by atoms with Crippen LogP contribution in [-0.2, 0) is 6.42 Å². The molecule has 2 nitrogen and oxygen atoms in total. The summed E-state index contributed by atoms with van der Waals surface area (Å²) in [5, 5.41) is 13.0. The maximum absolute atomic E-state index is 13.1. The van der Waals surface area contributed by atoms with Crippen molar-refractivity contribution in [3.8, 4) is 5.75 Å². The summed E-state index contributed by atoms with van der Waals surface area (Å²) in [6.07, 6.45) is 0.663. The second-order valence-corrected chi connectivity index (χ2v) is 4.79. The second-order valence-electron chi connectivity index (χ2n) is 4.38. The van der Waals surface area contributed by atoms with Crippen LogP contribution in [0.2, 0.25) is 5.02 Å². The molecule has 0 radical (unpaired) electrons. The summed E-state index contributed by atoms with van der Waals surface area (Å²) in [5.41, 5.74) is 1.83. The van der Waals surface area contributed by atoms with Crippen molar-refractivity contribution < 1.29 is 9.50 Å². The molecule has 0 fully saturated rings. The van der Waals surface area contributed by atoms with Gasteiger partial charge in [0.1, 0.15) is 11.6 Å². The van der Waals surface area contributed by atoms with E-state index in [1.807, 2.05) is 13.1 Å². The monoisotopic (exact) mass is 279 g/mol. The fourth-order valence-electron chi connectivity index (χ4n) is 2.07. The zero-order chi connectivity index (χ0) is 13.8. The van der Waals surface area contributed by atoms with Crippen LogP contribution in [0.1, 0.15) is 17.2 Å². The lowest BCUT2D eigenvalue weighted by Crippen LogP contribution is -2.19. The molecule has 0 spiro atoms. The summed E-state index contributed by atoms with van der Waals surface area (Å²) in [6.45, 7) is 0. The minimum Gasteiger partial charge on any atom is -0.508 e. The van der Waals surface area contributed by atoms with Crippen LogP contribution in [0.15, 0.2) is 42.5 Å². The van der Waals surface area contributed by atoms with E-state index in [4.69, 9.17) is 11.6 Å². The number of halogens is 2. The van der Waals surface area contributed by atoms with Crippen LogP contribution in [0, 0.1) is 5.82 Å². The molecule has 0 amide bonds. The van der Waals surface area contributed by atoms with Crippen molar-refractivity contribution in [3.63, 3.8) is 0 Å². The lowest BCUT2D eigenvalue weighted by molar-refractivity contribution is 0.473. The molecule has 2 N–H and O–H groups in total. The Bertz CT molecular complexity index is 574. The van der Waals surface area contributed by atoms with E-state index < -0.39 is 0 Å². The molecule has 0 aliphatic heterocycles. The zero-order valence-electron chi connectivity index (χ0n) is 10.5. The summed E-state index contributed by atoms with van der Waals surface area (Å²) < 4.78 is 13.1. The van der Waals surface area contributed by atoms with Gasteiger partial charge in [-0.15, -0.1) is 0 Å². The number of benzene rings is 2. The molecule has 0 aliphatic rings. The molecule has 1 unspecified atom stereocenters. The van der Waals surface area contributed by atoms with Crippen LogP contribution >= 0.6 is 11.6 Å². The largest absolute Gasteiger partial charge is 0.508 e. The molecule has 2 aromatic carbocycles. The number of hydrogen-bond acceptors (Lipinski definition) is 2. The normalized spacial score (nSPS) is 12.4. The first-order chi connectivity index (χ1) is 9.10. The third-order valence-electron chi connectivity index (χ3n) is 3.04. The molecule has 100 valence electrons. The van der Waals surface area contributed by atoms with Gasteiger partial charge in [-0.25, -0.2) is 4.39 Å². The smallest absolute Gasteiger partial charge is 0.124 e. The predicted octanol–water partition coefficient (Wildman–Crippen LogP) is 3.69. The maximum Gasteiger partial charge on any atom is 0.124 e. The number of nitrogens with one attached hydrogen (secondary N) is 1. The fraction of sp³-hybridized carbons (Fsp3) is 0.200. The molecule has 2 aromatic rings. The van der Waals surface area contributed by atoms with E-state index in [0.29, 0.717) is 11.4 Å². The summed E-state index contributed by atoms with van der Waals surface area (Å²) in [4.78, 5) is 0. The maximum atomic E-state index is 13.1. The van der Waals surface area contributed by atoms with Crippen LogP contribution in [0.4, 0.5) is 4.39 Å². The third-order valence-corrected chi connectivity index (χ3v) is 3.36. The van der Waals surface area contributed by atoms with Gasteiger partial charge in [0.2, 0.25) is 0 Å². The second kappa shape index (κ2) is 6.04. The first kappa shape index (κ1) is 13.8. The van der Waals surface area contributed by atoms with E-state index in [-0.39, 0.29) is 17.6 Å². The molecule has 0 bridgehead atoms. The van der Waals surface area contributed by atoms with Gasteiger partial charge >= 0.3 is 0 Å². The molecule has 2 rings (SSSR count). The molecule has 0 heterocycles. The highest BCUT2D eigenvalue weighted by Crippen LogP contribution is 2.27. The van der Waals surface area contributed by atoms with Gasteiger partial charge in [-0.3, -0.25) is 0 Å². The predicted molar refractivity (Wildman–Crippen MR) is 75.0 cm³/mol. The summed E-state index contributed by atoms with van der Waals surface area (Å²) in [7, 11) is 1.83. The van der Waals surface area contributed by atoms with E-state index in [1.165, 1.54) is 12.1 Å². The van der Waals surface area contributed by atoms with E-state index in [0.717, 1.165) is 11.1 Å². The lowest BCUT2D eigenvalue weighted by Gasteiger charge is -2.18. The summed E-state index contributed by atoms with van der Waals surface area (Å²) in [5.74, 6) is -0.112. The van der Waals surface area contributed by atoms with Crippen molar-refractivity contribution in [1.82, 2.24) is 5.32 Å². The van der Waals surface area contributed by atoms with E-state index >= 15 is 0 Å². The number of likely N-dealkylation sites (N-methyl/N-ethyl adjacent to an activating group) is 1. The van der Waals surface area contributed by atoms with Gasteiger partial charge < -0.3 is 10.4 Å². The van der Waals surface area contributed by atoms with Crippen molar-refractivity contribution in [2.75, 3.05) is 7.05 Å².